The monoisotopic (exact) mass is 255 g/mol. The maximum Gasteiger partial charge on any atom is 0.0651 e. The highest BCUT2D eigenvalue weighted by Crippen LogP contribution is 2.19. The molecule has 3 aromatic rings. The zero-order chi connectivity index (χ0) is 13.4. The minimum atomic E-state index is 0.787. The fourth-order valence-corrected chi connectivity index (χ4v) is 2.32. The largest absolute Gasteiger partial charge is 0.381 e. The number of aromatic nitrogens is 4. The van der Waals surface area contributed by atoms with Crippen LogP contribution in [0.2, 0.25) is 0 Å². The molecule has 0 atom stereocenters. The minimum absolute atomic E-state index is 0.787. The number of hydrogen-bond donors (Lipinski definition) is 2. The van der Waals surface area contributed by atoms with E-state index in [2.05, 4.69) is 39.7 Å². The lowest BCUT2D eigenvalue weighted by molar-refractivity contribution is 0.730. The molecule has 0 bridgehead atoms. The fraction of sp³-hybridized carbons (Fsp3) is 0.286. The first-order valence-corrected chi connectivity index (χ1v) is 6.31. The van der Waals surface area contributed by atoms with Crippen LogP contribution in [0.4, 0.5) is 5.69 Å². The van der Waals surface area contributed by atoms with E-state index in [-0.39, 0.29) is 0 Å². The molecule has 2 aromatic heterocycles. The van der Waals surface area contributed by atoms with Gasteiger partial charge in [0, 0.05) is 35.9 Å². The zero-order valence-corrected chi connectivity index (χ0v) is 11.4. The summed E-state index contributed by atoms with van der Waals surface area (Å²) in [6.07, 6.45) is 1.83. The Balaban J connectivity index is 1.81. The van der Waals surface area contributed by atoms with Crippen LogP contribution in [0.5, 0.6) is 0 Å². The highest BCUT2D eigenvalue weighted by Gasteiger charge is 2.08. The second kappa shape index (κ2) is 4.42. The van der Waals surface area contributed by atoms with Gasteiger partial charge in [0.2, 0.25) is 0 Å². The van der Waals surface area contributed by atoms with Crippen molar-refractivity contribution in [3.63, 3.8) is 0 Å². The van der Waals surface area contributed by atoms with Gasteiger partial charge < -0.3 is 5.32 Å². The van der Waals surface area contributed by atoms with Crippen LogP contribution >= 0.6 is 0 Å². The summed E-state index contributed by atoms with van der Waals surface area (Å²) >= 11 is 0. The lowest BCUT2D eigenvalue weighted by Gasteiger charge is -2.07. The number of fused-ring (bicyclic) bond motifs is 1. The third-order valence-corrected chi connectivity index (χ3v) is 3.57. The average molecular weight is 255 g/mol. The Morgan fingerprint density at radius 1 is 1.32 bits per heavy atom. The van der Waals surface area contributed by atoms with Crippen LogP contribution in [0.1, 0.15) is 17.0 Å². The molecule has 0 spiro atoms. The van der Waals surface area contributed by atoms with E-state index in [9.17, 15) is 0 Å². The highest BCUT2D eigenvalue weighted by molar-refractivity contribution is 5.81. The van der Waals surface area contributed by atoms with Gasteiger partial charge in [-0.1, -0.05) is 0 Å². The number of aromatic amines is 1. The van der Waals surface area contributed by atoms with E-state index in [0.29, 0.717) is 0 Å². The summed E-state index contributed by atoms with van der Waals surface area (Å²) in [6.45, 7) is 4.93. The molecule has 98 valence electrons. The number of hydrogen-bond acceptors (Lipinski definition) is 3. The van der Waals surface area contributed by atoms with Gasteiger partial charge in [0.15, 0.2) is 0 Å². The van der Waals surface area contributed by atoms with Gasteiger partial charge >= 0.3 is 0 Å². The van der Waals surface area contributed by atoms with E-state index >= 15 is 0 Å². The third kappa shape index (κ3) is 2.07. The van der Waals surface area contributed by atoms with E-state index in [1.54, 1.807) is 0 Å². The predicted octanol–water partition coefficient (Wildman–Crippen LogP) is 2.53. The number of aryl methyl sites for hydroxylation is 2. The molecule has 19 heavy (non-hydrogen) atoms. The molecule has 2 heterocycles. The predicted molar refractivity (Wildman–Crippen MR) is 76.1 cm³/mol. The van der Waals surface area contributed by atoms with Crippen molar-refractivity contribution in [3.05, 3.63) is 41.3 Å². The molecule has 3 rings (SSSR count). The minimum Gasteiger partial charge on any atom is -0.381 e. The Morgan fingerprint density at radius 2 is 2.16 bits per heavy atom. The second-order valence-electron chi connectivity index (χ2n) is 4.80. The van der Waals surface area contributed by atoms with Crippen molar-refractivity contribution in [2.24, 2.45) is 7.05 Å². The van der Waals surface area contributed by atoms with Gasteiger partial charge in [0.25, 0.3) is 0 Å². The van der Waals surface area contributed by atoms with Crippen molar-refractivity contribution in [3.8, 4) is 0 Å². The number of rotatable bonds is 3. The lowest BCUT2D eigenvalue weighted by Crippen LogP contribution is -2.02. The molecule has 0 aliphatic rings. The van der Waals surface area contributed by atoms with E-state index in [0.717, 1.165) is 28.8 Å². The summed E-state index contributed by atoms with van der Waals surface area (Å²) in [7, 11) is 1.98. The topological polar surface area (TPSA) is 58.5 Å². The number of nitrogens with zero attached hydrogens (tertiary/aromatic N) is 3. The Morgan fingerprint density at radius 3 is 2.89 bits per heavy atom. The van der Waals surface area contributed by atoms with Gasteiger partial charge in [-0.2, -0.15) is 10.2 Å². The molecule has 0 radical (unpaired) electrons. The van der Waals surface area contributed by atoms with Crippen LogP contribution < -0.4 is 5.32 Å². The molecule has 0 amide bonds. The van der Waals surface area contributed by atoms with Crippen molar-refractivity contribution in [1.29, 1.82) is 0 Å². The first-order valence-electron chi connectivity index (χ1n) is 6.31. The number of nitrogens with one attached hydrogen (secondary N) is 2. The fourth-order valence-electron chi connectivity index (χ4n) is 2.32. The van der Waals surface area contributed by atoms with Crippen molar-refractivity contribution in [1.82, 2.24) is 20.0 Å². The summed E-state index contributed by atoms with van der Waals surface area (Å²) in [5.74, 6) is 0. The van der Waals surface area contributed by atoms with Crippen molar-refractivity contribution in [2.45, 2.75) is 20.4 Å². The highest BCUT2D eigenvalue weighted by atomic mass is 15.3. The normalized spacial score (nSPS) is 11.1. The molecule has 5 heteroatoms. The average Bonchev–Trinajstić information content (AvgIpc) is 2.94. The second-order valence-corrected chi connectivity index (χ2v) is 4.80. The molecule has 1 aromatic carbocycles. The van der Waals surface area contributed by atoms with Crippen LogP contribution in [-0.2, 0) is 13.6 Å². The third-order valence-electron chi connectivity index (χ3n) is 3.57. The standard InChI is InChI=1S/C14H17N5/c1-9-13(10(2)19(3)18-9)8-15-12-4-5-14-11(6-12)7-16-17-14/h4-7,15H,8H2,1-3H3,(H,16,17). The van der Waals surface area contributed by atoms with Crippen LogP contribution in [0.25, 0.3) is 10.9 Å². The Labute approximate surface area is 111 Å². The van der Waals surface area contributed by atoms with E-state index in [1.165, 1.54) is 11.3 Å². The van der Waals surface area contributed by atoms with Gasteiger partial charge in [0.1, 0.15) is 0 Å². The maximum absolute atomic E-state index is 4.43. The van der Waals surface area contributed by atoms with Crippen molar-refractivity contribution < 1.29 is 0 Å². The summed E-state index contributed by atoms with van der Waals surface area (Å²) in [5.41, 5.74) is 5.69. The molecule has 0 aliphatic heterocycles. The van der Waals surface area contributed by atoms with Gasteiger partial charge in [-0.15, -0.1) is 0 Å². The molecule has 0 fully saturated rings. The van der Waals surface area contributed by atoms with Crippen LogP contribution in [-0.4, -0.2) is 20.0 Å². The van der Waals surface area contributed by atoms with Gasteiger partial charge in [0.05, 0.1) is 17.4 Å². The van der Waals surface area contributed by atoms with Gasteiger partial charge in [-0.05, 0) is 32.0 Å². The molecule has 0 aliphatic carbocycles. The van der Waals surface area contributed by atoms with Gasteiger partial charge in [-0.3, -0.25) is 9.78 Å². The molecule has 2 N–H and O–H groups in total. The smallest absolute Gasteiger partial charge is 0.0651 e. The molecule has 0 unspecified atom stereocenters. The lowest BCUT2D eigenvalue weighted by atomic mass is 10.2. The molecule has 0 saturated heterocycles. The van der Waals surface area contributed by atoms with Crippen LogP contribution in [0, 0.1) is 13.8 Å². The first kappa shape index (κ1) is 11.8. The number of anilines is 1. The maximum atomic E-state index is 4.43. The summed E-state index contributed by atoms with van der Waals surface area (Å²) in [5, 5.41) is 16.0. The first-order chi connectivity index (χ1) is 9.15. The Hall–Kier alpha value is -2.30. The quantitative estimate of drug-likeness (QED) is 0.756. The van der Waals surface area contributed by atoms with Crippen LogP contribution in [0.15, 0.2) is 24.4 Å². The summed E-state index contributed by atoms with van der Waals surface area (Å²) in [4.78, 5) is 0. The summed E-state index contributed by atoms with van der Waals surface area (Å²) < 4.78 is 1.92. The molecule has 0 saturated carbocycles. The van der Waals surface area contributed by atoms with Crippen LogP contribution in [0.3, 0.4) is 0 Å². The number of benzene rings is 1. The molecule has 5 nitrogen and oxygen atoms in total. The van der Waals surface area contributed by atoms with E-state index in [1.807, 2.05) is 30.9 Å². The zero-order valence-electron chi connectivity index (χ0n) is 11.4. The number of H-pyrrole nitrogens is 1. The summed E-state index contributed by atoms with van der Waals surface area (Å²) in [6, 6.07) is 6.19. The van der Waals surface area contributed by atoms with Gasteiger partial charge in [-0.25, -0.2) is 0 Å². The van der Waals surface area contributed by atoms with E-state index < -0.39 is 0 Å². The van der Waals surface area contributed by atoms with Crippen molar-refractivity contribution >= 4 is 16.6 Å². The molecular weight excluding hydrogens is 238 g/mol. The molecular formula is C14H17N5. The Kier molecular flexibility index (Phi) is 2.74. The van der Waals surface area contributed by atoms with E-state index in [4.69, 9.17) is 0 Å². The Bertz CT molecular complexity index is 723. The van der Waals surface area contributed by atoms with Crippen molar-refractivity contribution in [2.75, 3.05) is 5.32 Å². The SMILES string of the molecule is Cc1nn(C)c(C)c1CNc1ccc2[nH]ncc2c1.